The monoisotopic (exact) mass is 218 g/mol. The lowest BCUT2D eigenvalue weighted by Crippen LogP contribution is -2.18. The maximum Gasteiger partial charge on any atom is 0.241 e. The molecule has 0 bridgehead atoms. The van der Waals surface area contributed by atoms with Crippen molar-refractivity contribution >= 4 is 11.6 Å². The van der Waals surface area contributed by atoms with Gasteiger partial charge in [-0.15, -0.1) is 0 Å². The Balaban J connectivity index is 2.12. The first-order valence-corrected chi connectivity index (χ1v) is 4.81. The van der Waals surface area contributed by atoms with Gasteiger partial charge in [0.05, 0.1) is 6.07 Å². The fourth-order valence-corrected chi connectivity index (χ4v) is 1.28. The molecule has 1 unspecified atom stereocenters. The van der Waals surface area contributed by atoms with E-state index in [1.807, 2.05) is 6.07 Å². The molecule has 0 saturated heterocycles. The lowest BCUT2D eigenvalue weighted by atomic mass is 10.2. The second-order valence-corrected chi connectivity index (χ2v) is 3.41. The maximum atomic E-state index is 11.4. The molecule has 1 N–H and O–H groups in total. The van der Waals surface area contributed by atoms with Crippen LogP contribution in [0.25, 0.3) is 0 Å². The highest BCUT2D eigenvalue weighted by molar-refractivity contribution is 5.94. The van der Waals surface area contributed by atoms with Crippen molar-refractivity contribution in [3.63, 3.8) is 0 Å². The summed E-state index contributed by atoms with van der Waals surface area (Å²) >= 11 is 0. The van der Waals surface area contributed by atoms with E-state index in [1.165, 1.54) is 0 Å². The smallest absolute Gasteiger partial charge is 0.241 e. The van der Waals surface area contributed by atoms with Crippen LogP contribution in [0.4, 0.5) is 5.69 Å². The number of carbonyl (C=O) groups excluding carboxylic acids is 1. The Morgan fingerprint density at radius 2 is 2.25 bits per heavy atom. The van der Waals surface area contributed by atoms with Gasteiger partial charge in [-0.2, -0.15) is 5.26 Å². The molecule has 1 amide bonds. The Morgan fingerprint density at radius 3 is 3.00 bits per heavy atom. The van der Waals surface area contributed by atoms with Gasteiger partial charge in [-0.05, 0) is 19.1 Å². The molecule has 0 saturated carbocycles. The fourth-order valence-electron chi connectivity index (χ4n) is 1.28. The van der Waals surface area contributed by atoms with Crippen LogP contribution in [0, 0.1) is 17.2 Å². The molecule has 0 fully saturated rings. The highest BCUT2D eigenvalue weighted by Crippen LogP contribution is 2.34. The second-order valence-electron chi connectivity index (χ2n) is 3.41. The summed E-state index contributed by atoms with van der Waals surface area (Å²) in [5.74, 6) is 0.250. The van der Waals surface area contributed by atoms with E-state index < -0.39 is 5.92 Å². The Morgan fingerprint density at radius 1 is 1.50 bits per heavy atom. The first-order chi connectivity index (χ1) is 7.70. The van der Waals surface area contributed by atoms with Gasteiger partial charge in [0.25, 0.3) is 0 Å². The third kappa shape index (κ3) is 1.91. The summed E-state index contributed by atoms with van der Waals surface area (Å²) in [6.45, 7) is 1.74. The molecule has 0 spiro atoms. The molecule has 1 heterocycles. The van der Waals surface area contributed by atoms with E-state index in [2.05, 4.69) is 5.32 Å². The van der Waals surface area contributed by atoms with Gasteiger partial charge in [0, 0.05) is 11.8 Å². The zero-order valence-electron chi connectivity index (χ0n) is 8.69. The Labute approximate surface area is 92.6 Å². The number of fused-ring (bicyclic) bond motifs is 1. The average Bonchev–Trinajstić information content (AvgIpc) is 2.75. The molecule has 1 aliphatic heterocycles. The molecule has 0 aliphatic carbocycles. The van der Waals surface area contributed by atoms with Crippen molar-refractivity contribution in [2.24, 2.45) is 5.92 Å². The van der Waals surface area contributed by atoms with Crippen LogP contribution in [0.2, 0.25) is 0 Å². The van der Waals surface area contributed by atoms with Gasteiger partial charge in [0.1, 0.15) is 5.92 Å². The predicted molar refractivity (Wildman–Crippen MR) is 56.0 cm³/mol. The summed E-state index contributed by atoms with van der Waals surface area (Å²) in [5, 5.41) is 11.2. The topological polar surface area (TPSA) is 71.4 Å². The number of hydrogen-bond donors (Lipinski definition) is 1. The minimum Gasteiger partial charge on any atom is -0.454 e. The van der Waals surface area contributed by atoms with Crippen molar-refractivity contribution in [2.45, 2.75) is 6.92 Å². The molecule has 0 aromatic heterocycles. The van der Waals surface area contributed by atoms with E-state index in [9.17, 15) is 4.79 Å². The molecular formula is C11H10N2O3. The number of nitrogens with one attached hydrogen (secondary N) is 1. The van der Waals surface area contributed by atoms with Crippen LogP contribution in [-0.2, 0) is 4.79 Å². The second kappa shape index (κ2) is 4.11. The molecule has 2 rings (SSSR count). The zero-order valence-corrected chi connectivity index (χ0v) is 8.69. The van der Waals surface area contributed by atoms with E-state index >= 15 is 0 Å². The van der Waals surface area contributed by atoms with Gasteiger partial charge in [-0.3, -0.25) is 4.79 Å². The number of nitriles is 1. The van der Waals surface area contributed by atoms with Gasteiger partial charge in [0.2, 0.25) is 12.7 Å². The fraction of sp³-hybridized carbons (Fsp3) is 0.273. The molecule has 1 atom stereocenters. The van der Waals surface area contributed by atoms with Crippen LogP contribution in [0.1, 0.15) is 6.92 Å². The number of carbonyl (C=O) groups is 1. The normalized spacial score (nSPS) is 14.0. The maximum absolute atomic E-state index is 11.4. The Hall–Kier alpha value is -2.22. The largest absolute Gasteiger partial charge is 0.454 e. The summed E-state index contributed by atoms with van der Waals surface area (Å²) in [5.41, 5.74) is 0.594. The lowest BCUT2D eigenvalue weighted by molar-refractivity contribution is -0.117. The van der Waals surface area contributed by atoms with Gasteiger partial charge in [-0.1, -0.05) is 0 Å². The van der Waals surface area contributed by atoms with E-state index in [-0.39, 0.29) is 12.7 Å². The first-order valence-electron chi connectivity index (χ1n) is 4.81. The number of hydrogen-bond acceptors (Lipinski definition) is 4. The van der Waals surface area contributed by atoms with Gasteiger partial charge >= 0.3 is 0 Å². The molecule has 0 radical (unpaired) electrons. The van der Waals surface area contributed by atoms with Crippen molar-refractivity contribution in [1.29, 1.82) is 5.26 Å². The van der Waals surface area contributed by atoms with E-state index in [4.69, 9.17) is 14.7 Å². The summed E-state index contributed by atoms with van der Waals surface area (Å²) in [6, 6.07) is 6.96. The van der Waals surface area contributed by atoms with Crippen LogP contribution in [0.15, 0.2) is 18.2 Å². The molecule has 5 heteroatoms. The standard InChI is InChI=1S/C11H10N2O3/c1-7(5-12)11(14)13-8-2-3-9-10(4-8)16-6-15-9/h2-4,7H,6H2,1H3,(H,13,14). The molecule has 1 aromatic carbocycles. The highest BCUT2D eigenvalue weighted by Gasteiger charge is 2.16. The molecule has 16 heavy (non-hydrogen) atoms. The minimum atomic E-state index is -0.676. The molecule has 1 aromatic rings. The predicted octanol–water partition coefficient (Wildman–Crippen LogP) is 1.51. The third-order valence-electron chi connectivity index (χ3n) is 2.23. The van der Waals surface area contributed by atoms with Crippen molar-refractivity contribution in [3.05, 3.63) is 18.2 Å². The quantitative estimate of drug-likeness (QED) is 0.816. The first kappa shape index (κ1) is 10.3. The summed E-state index contributed by atoms with van der Waals surface area (Å²) in [7, 11) is 0. The summed E-state index contributed by atoms with van der Waals surface area (Å²) in [6.07, 6.45) is 0. The zero-order chi connectivity index (χ0) is 11.5. The number of ether oxygens (including phenoxy) is 2. The summed E-state index contributed by atoms with van der Waals surface area (Å²) in [4.78, 5) is 11.4. The van der Waals surface area contributed by atoms with Crippen molar-refractivity contribution in [1.82, 2.24) is 0 Å². The van der Waals surface area contributed by atoms with E-state index in [0.717, 1.165) is 0 Å². The van der Waals surface area contributed by atoms with Crippen LogP contribution >= 0.6 is 0 Å². The van der Waals surface area contributed by atoms with Crippen LogP contribution in [-0.4, -0.2) is 12.7 Å². The SMILES string of the molecule is CC(C#N)C(=O)Nc1ccc2c(c1)OCO2. The average molecular weight is 218 g/mol. The molecule has 5 nitrogen and oxygen atoms in total. The Bertz CT molecular complexity index is 465. The minimum absolute atomic E-state index is 0.196. The van der Waals surface area contributed by atoms with Gasteiger partial charge in [0.15, 0.2) is 11.5 Å². The van der Waals surface area contributed by atoms with Crippen LogP contribution in [0.3, 0.4) is 0 Å². The summed E-state index contributed by atoms with van der Waals surface area (Å²) < 4.78 is 10.3. The third-order valence-corrected chi connectivity index (χ3v) is 2.23. The number of nitrogens with zero attached hydrogens (tertiary/aromatic N) is 1. The number of rotatable bonds is 2. The van der Waals surface area contributed by atoms with Crippen molar-refractivity contribution in [3.8, 4) is 17.6 Å². The van der Waals surface area contributed by atoms with Gasteiger partial charge in [-0.25, -0.2) is 0 Å². The lowest BCUT2D eigenvalue weighted by Gasteiger charge is -2.06. The van der Waals surface area contributed by atoms with Crippen molar-refractivity contribution < 1.29 is 14.3 Å². The number of amides is 1. The van der Waals surface area contributed by atoms with Crippen LogP contribution < -0.4 is 14.8 Å². The van der Waals surface area contributed by atoms with E-state index in [0.29, 0.717) is 17.2 Å². The number of benzene rings is 1. The molecule has 1 aliphatic rings. The highest BCUT2D eigenvalue weighted by atomic mass is 16.7. The van der Waals surface area contributed by atoms with Gasteiger partial charge < -0.3 is 14.8 Å². The Kier molecular flexibility index (Phi) is 2.64. The molecular weight excluding hydrogens is 208 g/mol. The molecule has 82 valence electrons. The number of anilines is 1. The van der Waals surface area contributed by atoms with Crippen molar-refractivity contribution in [2.75, 3.05) is 12.1 Å². The van der Waals surface area contributed by atoms with Crippen LogP contribution in [0.5, 0.6) is 11.5 Å². The van der Waals surface area contributed by atoms with E-state index in [1.54, 1.807) is 25.1 Å².